The molecule has 6 rings (SSSR count). The van der Waals surface area contributed by atoms with Gasteiger partial charge in [-0.1, -0.05) is 19.1 Å². The lowest BCUT2D eigenvalue weighted by Crippen LogP contribution is -2.44. The third-order valence-electron chi connectivity index (χ3n) is 7.19. The molecule has 9 nitrogen and oxygen atoms in total. The first-order chi connectivity index (χ1) is 17.2. The Labute approximate surface area is 205 Å². The number of cyclic esters (lactones) is 1. The van der Waals surface area contributed by atoms with Crippen LogP contribution in [-0.2, 0) is 33.1 Å². The summed E-state index contributed by atoms with van der Waals surface area (Å²) in [7, 11) is 0. The lowest BCUT2D eigenvalue weighted by molar-refractivity contribution is -0.172. The Balaban J connectivity index is 1.49. The van der Waals surface area contributed by atoms with Gasteiger partial charge in [-0.05, 0) is 54.4 Å². The molecular weight excluding hydrogens is 460 g/mol. The number of anilines is 1. The summed E-state index contributed by atoms with van der Waals surface area (Å²) in [5, 5.41) is 16.6. The molecule has 0 aliphatic carbocycles. The van der Waals surface area contributed by atoms with E-state index in [1.165, 1.54) is 0 Å². The van der Waals surface area contributed by atoms with Crippen LogP contribution < -0.4 is 16.6 Å². The Morgan fingerprint density at radius 1 is 1.22 bits per heavy atom. The first-order valence-corrected chi connectivity index (χ1v) is 11.8. The van der Waals surface area contributed by atoms with Gasteiger partial charge in [-0.2, -0.15) is 0 Å². The SMILES string of the molecule is CC[C@@]1(O)C(=O)OCc2c1cc1n(c2=O)Cc2cc3c(ccc4cc(NC(=O)[C@H](C)N)ccc43)nc2-1. The molecule has 0 spiro atoms. The molecule has 2 aromatic carbocycles. The Hall–Kier alpha value is -4.08. The second-order valence-electron chi connectivity index (χ2n) is 9.45. The zero-order valence-electron chi connectivity index (χ0n) is 19.8. The number of pyridine rings is 2. The van der Waals surface area contributed by atoms with Gasteiger partial charge in [0.25, 0.3) is 5.56 Å². The standard InChI is InChI=1S/C27H24N4O5/c1-3-27(35)20-10-22-23-15(11-31(22)25(33)19(20)12-36-26(27)34)9-18-17-6-5-16(29-24(32)13(2)28)8-14(17)4-7-21(18)30-23/h4-10,13,35H,3,11-12,28H2,1-2H3,(H,29,32)/t13-,27-/m0/s1. The van der Waals surface area contributed by atoms with Crippen LogP contribution in [0.25, 0.3) is 33.1 Å². The van der Waals surface area contributed by atoms with Gasteiger partial charge in [0.2, 0.25) is 5.91 Å². The molecule has 0 bridgehead atoms. The average Bonchev–Trinajstić information content (AvgIpc) is 3.23. The average molecular weight is 485 g/mol. The molecule has 2 atom stereocenters. The smallest absolute Gasteiger partial charge is 0.343 e. The number of aliphatic hydroxyl groups is 1. The molecule has 2 aliphatic heterocycles. The number of hydrogen-bond donors (Lipinski definition) is 3. The molecule has 1 amide bonds. The second kappa shape index (κ2) is 7.71. The topological polar surface area (TPSA) is 137 Å². The van der Waals surface area contributed by atoms with Crippen LogP contribution in [0.2, 0.25) is 0 Å². The normalized spacial score (nSPS) is 18.9. The highest BCUT2D eigenvalue weighted by atomic mass is 16.6. The quantitative estimate of drug-likeness (QED) is 0.264. The van der Waals surface area contributed by atoms with E-state index >= 15 is 0 Å². The number of rotatable bonds is 3. The van der Waals surface area contributed by atoms with Crippen LogP contribution in [0, 0.1) is 0 Å². The molecule has 2 aliphatic rings. The summed E-state index contributed by atoms with van der Waals surface area (Å²) >= 11 is 0. The van der Waals surface area contributed by atoms with Gasteiger partial charge in [0, 0.05) is 22.2 Å². The van der Waals surface area contributed by atoms with Crippen LogP contribution in [0.4, 0.5) is 5.69 Å². The number of carbonyl (C=O) groups excluding carboxylic acids is 2. The van der Waals surface area contributed by atoms with Gasteiger partial charge in [0.05, 0.1) is 35.1 Å². The Morgan fingerprint density at radius 2 is 2.03 bits per heavy atom. The summed E-state index contributed by atoms with van der Waals surface area (Å²) in [6, 6.07) is 12.6. The van der Waals surface area contributed by atoms with Gasteiger partial charge < -0.3 is 25.5 Å². The van der Waals surface area contributed by atoms with Crippen molar-refractivity contribution in [3.8, 4) is 11.4 Å². The predicted octanol–water partition coefficient (Wildman–Crippen LogP) is 2.52. The van der Waals surface area contributed by atoms with Crippen LogP contribution in [0.3, 0.4) is 0 Å². The number of nitrogens with two attached hydrogens (primary N) is 1. The molecule has 0 fully saturated rings. The Morgan fingerprint density at radius 3 is 2.78 bits per heavy atom. The van der Waals surface area contributed by atoms with Crippen molar-refractivity contribution in [3.63, 3.8) is 0 Å². The molecule has 0 unspecified atom stereocenters. The fraction of sp³-hybridized carbons (Fsp3) is 0.259. The summed E-state index contributed by atoms with van der Waals surface area (Å²) in [6.07, 6.45) is 0.0956. The fourth-order valence-electron chi connectivity index (χ4n) is 5.13. The third kappa shape index (κ3) is 3.09. The number of amides is 1. The monoisotopic (exact) mass is 484 g/mol. The number of fused-ring (bicyclic) bond motifs is 7. The maximum atomic E-state index is 13.4. The second-order valence-corrected chi connectivity index (χ2v) is 9.45. The van der Waals surface area contributed by atoms with Crippen LogP contribution >= 0.6 is 0 Å². The minimum atomic E-state index is -1.85. The van der Waals surface area contributed by atoms with E-state index in [1.807, 2.05) is 36.4 Å². The summed E-state index contributed by atoms with van der Waals surface area (Å²) in [5.41, 5.74) is 7.61. The van der Waals surface area contributed by atoms with E-state index in [0.717, 1.165) is 27.2 Å². The number of aromatic nitrogens is 2. The maximum Gasteiger partial charge on any atom is 0.343 e. The van der Waals surface area contributed by atoms with Crippen molar-refractivity contribution in [2.24, 2.45) is 5.73 Å². The summed E-state index contributed by atoms with van der Waals surface area (Å²) in [4.78, 5) is 42.6. The van der Waals surface area contributed by atoms with Crippen molar-refractivity contribution in [3.05, 3.63) is 69.5 Å². The first kappa shape index (κ1) is 22.4. The lowest BCUT2D eigenvalue weighted by atomic mass is 9.86. The summed E-state index contributed by atoms with van der Waals surface area (Å²) < 4.78 is 6.75. The van der Waals surface area contributed by atoms with Gasteiger partial charge in [-0.15, -0.1) is 0 Å². The minimum Gasteiger partial charge on any atom is -0.458 e. The number of esters is 1. The predicted molar refractivity (Wildman–Crippen MR) is 134 cm³/mol. The highest BCUT2D eigenvalue weighted by Crippen LogP contribution is 2.39. The highest BCUT2D eigenvalue weighted by Gasteiger charge is 2.45. The maximum absolute atomic E-state index is 13.4. The Kier molecular flexibility index (Phi) is 4.79. The van der Waals surface area contributed by atoms with E-state index < -0.39 is 17.6 Å². The minimum absolute atomic E-state index is 0.0956. The van der Waals surface area contributed by atoms with Crippen molar-refractivity contribution in [2.75, 3.05) is 5.32 Å². The van der Waals surface area contributed by atoms with Crippen molar-refractivity contribution in [2.45, 2.75) is 45.1 Å². The van der Waals surface area contributed by atoms with Gasteiger partial charge in [0.1, 0.15) is 6.61 Å². The fourth-order valence-corrected chi connectivity index (χ4v) is 5.13. The van der Waals surface area contributed by atoms with Crippen molar-refractivity contribution in [1.82, 2.24) is 9.55 Å². The number of nitrogens with one attached hydrogen (secondary N) is 1. The van der Waals surface area contributed by atoms with Crippen molar-refractivity contribution in [1.29, 1.82) is 0 Å². The van der Waals surface area contributed by atoms with Crippen LogP contribution in [0.1, 0.15) is 37.0 Å². The van der Waals surface area contributed by atoms with Crippen molar-refractivity contribution >= 4 is 39.2 Å². The van der Waals surface area contributed by atoms with Gasteiger partial charge >= 0.3 is 5.97 Å². The first-order valence-electron chi connectivity index (χ1n) is 11.8. The number of hydrogen-bond acceptors (Lipinski definition) is 7. The molecule has 4 heterocycles. The van der Waals surface area contributed by atoms with E-state index in [4.69, 9.17) is 15.5 Å². The van der Waals surface area contributed by atoms with Gasteiger partial charge in [-0.25, -0.2) is 9.78 Å². The summed E-state index contributed by atoms with van der Waals surface area (Å²) in [6.45, 7) is 3.48. The number of benzene rings is 2. The van der Waals surface area contributed by atoms with Crippen molar-refractivity contribution < 1.29 is 19.4 Å². The lowest BCUT2D eigenvalue weighted by Gasteiger charge is -2.31. The molecule has 0 saturated heterocycles. The zero-order chi connectivity index (χ0) is 25.4. The molecule has 182 valence electrons. The van der Waals surface area contributed by atoms with E-state index in [-0.39, 0.29) is 24.5 Å². The van der Waals surface area contributed by atoms with E-state index in [9.17, 15) is 19.5 Å². The molecule has 4 N–H and O–H groups in total. The van der Waals surface area contributed by atoms with Crippen LogP contribution in [0.5, 0.6) is 0 Å². The Bertz CT molecular complexity index is 1690. The van der Waals surface area contributed by atoms with Gasteiger partial charge in [0.15, 0.2) is 5.60 Å². The summed E-state index contributed by atoms with van der Waals surface area (Å²) in [5.74, 6) is -1.00. The van der Waals surface area contributed by atoms with Crippen LogP contribution in [-0.4, -0.2) is 32.6 Å². The number of ether oxygens (including phenoxy) is 1. The third-order valence-corrected chi connectivity index (χ3v) is 7.19. The molecule has 9 heteroatoms. The highest BCUT2D eigenvalue weighted by molar-refractivity contribution is 6.08. The largest absolute Gasteiger partial charge is 0.458 e. The van der Waals surface area contributed by atoms with E-state index in [0.29, 0.717) is 34.7 Å². The zero-order valence-corrected chi connectivity index (χ0v) is 19.8. The van der Waals surface area contributed by atoms with Gasteiger partial charge in [-0.3, -0.25) is 9.59 Å². The number of carbonyl (C=O) groups is 2. The molecule has 2 aromatic heterocycles. The molecule has 36 heavy (non-hydrogen) atoms. The molecular formula is C27H24N4O5. The molecule has 0 radical (unpaired) electrons. The van der Waals surface area contributed by atoms with E-state index in [1.54, 1.807) is 24.5 Å². The number of nitrogens with zero attached hydrogens (tertiary/aromatic N) is 2. The van der Waals surface area contributed by atoms with E-state index in [2.05, 4.69) is 5.32 Å². The molecule has 4 aromatic rings. The molecule has 0 saturated carbocycles. The van der Waals surface area contributed by atoms with Crippen LogP contribution in [0.15, 0.2) is 47.3 Å².